The van der Waals surface area contributed by atoms with Gasteiger partial charge in [0.25, 0.3) is 5.91 Å². The molecule has 1 aromatic carbocycles. The molecule has 2 aromatic heterocycles. The highest BCUT2D eigenvalue weighted by atomic mass is 32.2. The number of fused-ring (bicyclic) bond motifs is 1. The highest BCUT2D eigenvalue weighted by molar-refractivity contribution is 7.90. The van der Waals surface area contributed by atoms with Crippen molar-refractivity contribution in [1.82, 2.24) is 14.9 Å². The number of anilines is 2. The van der Waals surface area contributed by atoms with Crippen LogP contribution in [0.5, 0.6) is 0 Å². The molecule has 1 fully saturated rings. The molecule has 0 saturated heterocycles. The van der Waals surface area contributed by atoms with Crippen LogP contribution in [0.4, 0.5) is 11.4 Å². The van der Waals surface area contributed by atoms with Gasteiger partial charge < -0.3 is 10.2 Å². The largest absolute Gasteiger partial charge is 0.354 e. The smallest absolute Gasteiger partial charge is 0.257 e. The molecule has 0 bridgehead atoms. The molecule has 0 atom stereocenters. The Morgan fingerprint density at radius 1 is 1.09 bits per heavy atom. The molecule has 1 aliphatic heterocycles. The number of aromatic nitrogens is 2. The van der Waals surface area contributed by atoms with Gasteiger partial charge >= 0.3 is 0 Å². The van der Waals surface area contributed by atoms with Gasteiger partial charge in [0.1, 0.15) is 0 Å². The lowest BCUT2D eigenvalue weighted by Gasteiger charge is -2.15. The summed E-state index contributed by atoms with van der Waals surface area (Å²) in [5.41, 5.74) is 5.12. The third-order valence-corrected chi connectivity index (χ3v) is 7.06. The molecule has 7 nitrogen and oxygen atoms in total. The highest BCUT2D eigenvalue weighted by Crippen LogP contribution is 2.39. The minimum Gasteiger partial charge on any atom is -0.354 e. The first-order chi connectivity index (χ1) is 15.3. The summed E-state index contributed by atoms with van der Waals surface area (Å²) in [5.74, 6) is 0.521. The fraction of sp³-hybridized carbons (Fsp3) is 0.292. The van der Waals surface area contributed by atoms with Crippen molar-refractivity contribution in [2.24, 2.45) is 0 Å². The summed E-state index contributed by atoms with van der Waals surface area (Å²) < 4.78 is 24.5. The lowest BCUT2D eigenvalue weighted by Crippen LogP contribution is -2.18. The Balaban J connectivity index is 1.52. The van der Waals surface area contributed by atoms with E-state index in [-0.39, 0.29) is 10.8 Å². The van der Waals surface area contributed by atoms with E-state index in [1.54, 1.807) is 36.2 Å². The van der Waals surface area contributed by atoms with Crippen LogP contribution in [0.1, 0.15) is 51.8 Å². The maximum Gasteiger partial charge on any atom is 0.257 e. The van der Waals surface area contributed by atoms with Crippen LogP contribution in [0.2, 0.25) is 0 Å². The number of sulfone groups is 1. The Kier molecular flexibility index (Phi) is 4.97. The van der Waals surface area contributed by atoms with Crippen LogP contribution in [0.3, 0.4) is 0 Å². The van der Waals surface area contributed by atoms with Crippen molar-refractivity contribution in [2.45, 2.75) is 36.6 Å². The number of para-hydroxylation sites is 1. The van der Waals surface area contributed by atoms with Crippen molar-refractivity contribution in [3.63, 3.8) is 0 Å². The topological polar surface area (TPSA) is 92.3 Å². The minimum absolute atomic E-state index is 0.134. The van der Waals surface area contributed by atoms with Gasteiger partial charge in [-0.2, -0.15) is 0 Å². The number of nitrogens with zero attached hydrogens (tertiary/aromatic N) is 3. The average molecular weight is 449 g/mol. The van der Waals surface area contributed by atoms with Crippen molar-refractivity contribution in [2.75, 3.05) is 18.6 Å². The number of pyridine rings is 2. The highest BCUT2D eigenvalue weighted by Gasteiger charge is 2.30. The molecule has 1 N–H and O–H groups in total. The molecule has 0 unspecified atom stereocenters. The Hall–Kier alpha value is -3.26. The summed E-state index contributed by atoms with van der Waals surface area (Å²) in [7, 11) is -1.71. The molecule has 1 amide bonds. The molecular formula is C24H24N4O3S. The fourth-order valence-corrected chi connectivity index (χ4v) is 4.95. The molecule has 8 heteroatoms. The van der Waals surface area contributed by atoms with Gasteiger partial charge in [-0.05, 0) is 48.6 Å². The van der Waals surface area contributed by atoms with E-state index in [2.05, 4.69) is 16.4 Å². The van der Waals surface area contributed by atoms with Gasteiger partial charge in [0, 0.05) is 37.3 Å². The van der Waals surface area contributed by atoms with Crippen LogP contribution in [0.25, 0.3) is 0 Å². The Labute approximate surface area is 187 Å². The van der Waals surface area contributed by atoms with Crippen LogP contribution < -0.4 is 5.32 Å². The van der Waals surface area contributed by atoms with Gasteiger partial charge in [-0.1, -0.05) is 18.2 Å². The summed E-state index contributed by atoms with van der Waals surface area (Å²) in [6.45, 7) is 0.415. The third kappa shape index (κ3) is 3.98. The first-order valence-corrected chi connectivity index (χ1v) is 12.5. The van der Waals surface area contributed by atoms with E-state index in [4.69, 9.17) is 4.98 Å². The standard InChI is InChI=1S/C24H24N4O3S/c1-28-14-21-23(24(28)29)20(27-19-5-3-4-6-22(19)32(2,30)31)12-18(26-21)11-17-10-9-16(13-25-17)15-7-8-15/h3-6,9-10,12-13,15H,7-8,11,14H2,1-2H3,(H,26,27). The van der Waals surface area contributed by atoms with Gasteiger partial charge in [-0.15, -0.1) is 0 Å². The van der Waals surface area contributed by atoms with Crippen LogP contribution in [0, 0.1) is 0 Å². The Bertz CT molecular complexity index is 1320. The maximum atomic E-state index is 12.8. The fourth-order valence-electron chi connectivity index (χ4n) is 4.11. The molecule has 1 saturated carbocycles. The number of hydrogen-bond donors (Lipinski definition) is 1. The van der Waals surface area contributed by atoms with E-state index >= 15 is 0 Å². The molecule has 0 radical (unpaired) electrons. The summed E-state index contributed by atoms with van der Waals surface area (Å²) in [4.78, 5) is 23.9. The van der Waals surface area contributed by atoms with Gasteiger partial charge in [-0.3, -0.25) is 14.8 Å². The van der Waals surface area contributed by atoms with Gasteiger partial charge in [-0.25, -0.2) is 8.42 Å². The van der Waals surface area contributed by atoms with Crippen molar-refractivity contribution in [3.8, 4) is 0 Å². The first kappa shape index (κ1) is 20.6. The number of nitrogens with one attached hydrogen (secondary N) is 1. The van der Waals surface area contributed by atoms with E-state index < -0.39 is 9.84 Å². The number of hydrogen-bond acceptors (Lipinski definition) is 6. The van der Waals surface area contributed by atoms with Gasteiger partial charge in [0.15, 0.2) is 9.84 Å². The zero-order chi connectivity index (χ0) is 22.5. The number of carbonyl (C=O) groups is 1. The van der Waals surface area contributed by atoms with Crippen molar-refractivity contribution >= 4 is 27.1 Å². The summed E-state index contributed by atoms with van der Waals surface area (Å²) >= 11 is 0. The van der Waals surface area contributed by atoms with Gasteiger partial charge in [0.05, 0.1) is 34.1 Å². The average Bonchev–Trinajstić information content (AvgIpc) is 3.55. The molecule has 1 aliphatic carbocycles. The van der Waals surface area contributed by atoms with Gasteiger partial charge in [0.2, 0.25) is 0 Å². The lowest BCUT2D eigenvalue weighted by molar-refractivity contribution is 0.0817. The maximum absolute atomic E-state index is 12.8. The van der Waals surface area contributed by atoms with Crippen LogP contribution in [0.15, 0.2) is 53.6 Å². The molecule has 3 heterocycles. The quantitative estimate of drug-likeness (QED) is 0.619. The Morgan fingerprint density at radius 3 is 2.56 bits per heavy atom. The summed E-state index contributed by atoms with van der Waals surface area (Å²) in [6.07, 6.45) is 6.11. The number of carbonyl (C=O) groups excluding carboxylic acids is 1. The van der Waals surface area contributed by atoms with Crippen molar-refractivity contribution in [3.05, 3.63) is 76.9 Å². The molecule has 3 aromatic rings. The number of amides is 1. The molecular weight excluding hydrogens is 424 g/mol. The predicted molar refractivity (Wildman–Crippen MR) is 122 cm³/mol. The summed E-state index contributed by atoms with van der Waals surface area (Å²) in [6, 6.07) is 12.7. The minimum atomic E-state index is -3.44. The first-order valence-electron chi connectivity index (χ1n) is 10.6. The van der Waals surface area contributed by atoms with Crippen LogP contribution >= 0.6 is 0 Å². The SMILES string of the molecule is CN1Cc2nc(Cc3ccc(C4CC4)cn3)cc(Nc3ccccc3S(C)(=O)=O)c2C1=O. The lowest BCUT2D eigenvalue weighted by atomic mass is 10.1. The molecule has 5 rings (SSSR count). The molecule has 2 aliphatic rings. The normalized spacial score (nSPS) is 15.7. The van der Waals surface area contributed by atoms with Crippen molar-refractivity contribution < 1.29 is 13.2 Å². The Morgan fingerprint density at radius 2 is 1.88 bits per heavy atom. The van der Waals surface area contributed by atoms with Crippen LogP contribution in [-0.2, 0) is 22.8 Å². The monoisotopic (exact) mass is 448 g/mol. The molecule has 0 spiro atoms. The second-order valence-electron chi connectivity index (χ2n) is 8.57. The van der Waals surface area contributed by atoms with E-state index in [0.717, 1.165) is 11.4 Å². The second-order valence-corrected chi connectivity index (χ2v) is 10.6. The van der Waals surface area contributed by atoms with Crippen LogP contribution in [-0.4, -0.2) is 42.5 Å². The van der Waals surface area contributed by atoms with E-state index in [9.17, 15) is 13.2 Å². The number of benzene rings is 1. The van der Waals surface area contributed by atoms with E-state index in [1.807, 2.05) is 18.3 Å². The second kappa shape index (κ2) is 7.70. The molecule has 32 heavy (non-hydrogen) atoms. The molecule has 164 valence electrons. The third-order valence-electron chi connectivity index (χ3n) is 5.91. The zero-order valence-corrected chi connectivity index (χ0v) is 18.8. The van der Waals surface area contributed by atoms with Crippen molar-refractivity contribution in [1.29, 1.82) is 0 Å². The summed E-state index contributed by atoms with van der Waals surface area (Å²) in [5, 5.41) is 3.20. The number of rotatable bonds is 6. The predicted octanol–water partition coefficient (Wildman–Crippen LogP) is 3.68. The zero-order valence-electron chi connectivity index (χ0n) is 18.0. The van der Waals surface area contributed by atoms with E-state index in [1.165, 1.54) is 24.7 Å². The van der Waals surface area contributed by atoms with E-state index in [0.29, 0.717) is 41.5 Å².